The van der Waals surface area contributed by atoms with Crippen molar-refractivity contribution < 1.29 is 4.79 Å². The predicted molar refractivity (Wildman–Crippen MR) is 91.3 cm³/mol. The van der Waals surface area contributed by atoms with Crippen molar-refractivity contribution in [1.82, 2.24) is 14.8 Å². The first-order chi connectivity index (χ1) is 11.2. The molecule has 5 nitrogen and oxygen atoms in total. The second-order valence-electron chi connectivity index (χ2n) is 5.90. The van der Waals surface area contributed by atoms with Gasteiger partial charge in [0.15, 0.2) is 0 Å². The van der Waals surface area contributed by atoms with Gasteiger partial charge in [-0.15, -0.1) is 0 Å². The summed E-state index contributed by atoms with van der Waals surface area (Å²) < 4.78 is 0. The second kappa shape index (κ2) is 7.24. The highest BCUT2D eigenvalue weighted by Gasteiger charge is 2.21. The van der Waals surface area contributed by atoms with Gasteiger partial charge in [-0.1, -0.05) is 36.4 Å². The van der Waals surface area contributed by atoms with Crippen LogP contribution in [0.15, 0.2) is 48.7 Å². The molecular formula is C18H22N4O. The van der Waals surface area contributed by atoms with Gasteiger partial charge in [-0.05, 0) is 24.1 Å². The van der Waals surface area contributed by atoms with Crippen molar-refractivity contribution in [2.45, 2.75) is 13.5 Å². The largest absolute Gasteiger partial charge is 0.323 e. The van der Waals surface area contributed by atoms with Gasteiger partial charge in [-0.25, -0.2) is 9.78 Å². The number of anilines is 1. The third kappa shape index (κ3) is 4.29. The van der Waals surface area contributed by atoms with E-state index in [0.717, 1.165) is 38.3 Å². The number of piperazine rings is 1. The third-order valence-corrected chi connectivity index (χ3v) is 4.05. The van der Waals surface area contributed by atoms with E-state index in [2.05, 4.69) is 39.5 Å². The molecular weight excluding hydrogens is 288 g/mol. The van der Waals surface area contributed by atoms with Crippen LogP contribution in [-0.2, 0) is 6.54 Å². The minimum absolute atomic E-state index is 0.0688. The van der Waals surface area contributed by atoms with Gasteiger partial charge in [0.25, 0.3) is 0 Å². The van der Waals surface area contributed by atoms with Crippen molar-refractivity contribution in [3.8, 4) is 0 Å². The van der Waals surface area contributed by atoms with E-state index in [4.69, 9.17) is 0 Å². The molecule has 0 aliphatic carbocycles. The van der Waals surface area contributed by atoms with Gasteiger partial charge < -0.3 is 4.90 Å². The number of carbonyl (C=O) groups excluding carboxylic acids is 1. The van der Waals surface area contributed by atoms with Gasteiger partial charge in [0.05, 0.1) is 0 Å². The molecule has 0 bridgehead atoms. The Kier molecular flexibility index (Phi) is 4.88. The van der Waals surface area contributed by atoms with Crippen LogP contribution in [0, 0.1) is 6.92 Å². The minimum Gasteiger partial charge on any atom is -0.322 e. The molecule has 2 heterocycles. The molecule has 1 saturated heterocycles. The molecule has 23 heavy (non-hydrogen) atoms. The zero-order valence-corrected chi connectivity index (χ0v) is 13.4. The maximum atomic E-state index is 12.3. The molecule has 2 amide bonds. The molecule has 0 atom stereocenters. The van der Waals surface area contributed by atoms with Crippen LogP contribution in [0.5, 0.6) is 0 Å². The van der Waals surface area contributed by atoms with Crippen molar-refractivity contribution in [3.05, 3.63) is 59.8 Å². The number of pyridine rings is 1. The molecule has 3 rings (SSSR count). The Hall–Kier alpha value is -2.40. The summed E-state index contributed by atoms with van der Waals surface area (Å²) in [6.45, 7) is 6.18. The van der Waals surface area contributed by atoms with Crippen LogP contribution in [0.4, 0.5) is 10.6 Å². The quantitative estimate of drug-likeness (QED) is 0.948. The predicted octanol–water partition coefficient (Wildman–Crippen LogP) is 2.74. The number of carbonyl (C=O) groups is 1. The SMILES string of the molecule is Cc1ccc(NC(=O)N2CCN(Cc3ccccc3)CC2)nc1. The Morgan fingerprint density at radius 2 is 1.83 bits per heavy atom. The van der Waals surface area contributed by atoms with E-state index in [1.807, 2.05) is 30.0 Å². The Labute approximate surface area is 136 Å². The van der Waals surface area contributed by atoms with Crippen molar-refractivity contribution >= 4 is 11.8 Å². The molecule has 120 valence electrons. The van der Waals surface area contributed by atoms with Gasteiger partial charge >= 0.3 is 6.03 Å². The summed E-state index contributed by atoms with van der Waals surface area (Å²) in [5, 5.41) is 2.86. The number of nitrogens with one attached hydrogen (secondary N) is 1. The number of urea groups is 1. The lowest BCUT2D eigenvalue weighted by Gasteiger charge is -2.34. The number of aromatic nitrogens is 1. The smallest absolute Gasteiger partial charge is 0.322 e. The highest BCUT2D eigenvalue weighted by Crippen LogP contribution is 2.10. The number of nitrogens with zero attached hydrogens (tertiary/aromatic N) is 3. The van der Waals surface area contributed by atoms with Gasteiger partial charge in [-0.3, -0.25) is 10.2 Å². The molecule has 0 saturated carbocycles. The fraction of sp³-hybridized carbons (Fsp3) is 0.333. The highest BCUT2D eigenvalue weighted by molar-refractivity contribution is 5.88. The fourth-order valence-electron chi connectivity index (χ4n) is 2.68. The van der Waals surface area contributed by atoms with E-state index in [1.54, 1.807) is 6.20 Å². The van der Waals surface area contributed by atoms with Crippen LogP contribution in [0.3, 0.4) is 0 Å². The number of hydrogen-bond donors (Lipinski definition) is 1. The van der Waals surface area contributed by atoms with E-state index >= 15 is 0 Å². The van der Waals surface area contributed by atoms with Crippen LogP contribution >= 0.6 is 0 Å². The first-order valence-electron chi connectivity index (χ1n) is 7.95. The molecule has 1 aliphatic rings. The standard InChI is InChI=1S/C18H22N4O/c1-15-7-8-17(19-13-15)20-18(23)22-11-9-21(10-12-22)14-16-5-3-2-4-6-16/h2-8,13H,9-12,14H2,1H3,(H,19,20,23). The topological polar surface area (TPSA) is 48.5 Å². The lowest BCUT2D eigenvalue weighted by atomic mass is 10.2. The first kappa shape index (κ1) is 15.5. The van der Waals surface area contributed by atoms with Crippen LogP contribution in [-0.4, -0.2) is 47.0 Å². The van der Waals surface area contributed by atoms with Crippen molar-refractivity contribution in [2.24, 2.45) is 0 Å². The Bertz CT molecular complexity index is 634. The lowest BCUT2D eigenvalue weighted by molar-refractivity contribution is 0.143. The van der Waals surface area contributed by atoms with Crippen molar-refractivity contribution in [3.63, 3.8) is 0 Å². The average Bonchev–Trinajstić information content (AvgIpc) is 2.58. The van der Waals surface area contributed by atoms with Crippen LogP contribution < -0.4 is 5.32 Å². The maximum absolute atomic E-state index is 12.3. The molecule has 1 aromatic carbocycles. The molecule has 1 N–H and O–H groups in total. The normalized spacial score (nSPS) is 15.4. The summed E-state index contributed by atoms with van der Waals surface area (Å²) in [6, 6.07) is 14.1. The van der Waals surface area contributed by atoms with E-state index < -0.39 is 0 Å². The van der Waals surface area contributed by atoms with Crippen molar-refractivity contribution in [2.75, 3.05) is 31.5 Å². The zero-order chi connectivity index (χ0) is 16.1. The third-order valence-electron chi connectivity index (χ3n) is 4.05. The average molecular weight is 310 g/mol. The number of hydrogen-bond acceptors (Lipinski definition) is 3. The molecule has 1 fully saturated rings. The summed E-state index contributed by atoms with van der Waals surface area (Å²) in [5.41, 5.74) is 2.40. The first-order valence-corrected chi connectivity index (χ1v) is 7.95. The van der Waals surface area contributed by atoms with Crippen LogP contribution in [0.1, 0.15) is 11.1 Å². The number of aryl methyl sites for hydroxylation is 1. The van der Waals surface area contributed by atoms with Gasteiger partial charge in [0, 0.05) is 38.9 Å². The maximum Gasteiger partial charge on any atom is 0.323 e. The Morgan fingerprint density at radius 1 is 1.09 bits per heavy atom. The summed E-state index contributed by atoms with van der Waals surface area (Å²) in [4.78, 5) is 20.7. The molecule has 1 aliphatic heterocycles. The van der Waals surface area contributed by atoms with E-state index in [-0.39, 0.29) is 6.03 Å². The lowest BCUT2D eigenvalue weighted by Crippen LogP contribution is -2.49. The van der Waals surface area contributed by atoms with Crippen LogP contribution in [0.25, 0.3) is 0 Å². The van der Waals surface area contributed by atoms with Gasteiger partial charge in [0.1, 0.15) is 5.82 Å². The van der Waals surface area contributed by atoms with E-state index in [0.29, 0.717) is 5.82 Å². The molecule has 0 spiro atoms. The molecule has 0 radical (unpaired) electrons. The Morgan fingerprint density at radius 3 is 2.48 bits per heavy atom. The molecule has 5 heteroatoms. The Balaban J connectivity index is 1.48. The number of amides is 2. The highest BCUT2D eigenvalue weighted by atomic mass is 16.2. The molecule has 1 aromatic heterocycles. The summed E-state index contributed by atoms with van der Waals surface area (Å²) in [7, 11) is 0. The molecule has 0 unspecified atom stereocenters. The van der Waals surface area contributed by atoms with Crippen LogP contribution in [0.2, 0.25) is 0 Å². The fourth-order valence-corrected chi connectivity index (χ4v) is 2.68. The summed E-state index contributed by atoms with van der Waals surface area (Å²) >= 11 is 0. The minimum atomic E-state index is -0.0688. The van der Waals surface area contributed by atoms with Gasteiger partial charge in [0.2, 0.25) is 0 Å². The number of benzene rings is 1. The van der Waals surface area contributed by atoms with Gasteiger partial charge in [-0.2, -0.15) is 0 Å². The zero-order valence-electron chi connectivity index (χ0n) is 13.4. The van der Waals surface area contributed by atoms with E-state index in [1.165, 1.54) is 5.56 Å². The summed E-state index contributed by atoms with van der Waals surface area (Å²) in [5.74, 6) is 0.604. The summed E-state index contributed by atoms with van der Waals surface area (Å²) in [6.07, 6.45) is 1.76. The number of rotatable bonds is 3. The molecule has 2 aromatic rings. The van der Waals surface area contributed by atoms with Crippen molar-refractivity contribution in [1.29, 1.82) is 0 Å². The van der Waals surface area contributed by atoms with E-state index in [9.17, 15) is 4.79 Å². The monoisotopic (exact) mass is 310 g/mol. The second-order valence-corrected chi connectivity index (χ2v) is 5.90.